The number of carbonyl (C=O) groups is 1. The molecule has 0 fully saturated rings. The van der Waals surface area contributed by atoms with Gasteiger partial charge in [-0.15, -0.1) is 0 Å². The number of fused-ring (bicyclic) bond motifs is 1. The molecular formula is C19H24N4O2. The molecule has 1 unspecified atom stereocenters. The quantitative estimate of drug-likeness (QED) is 0.454. The summed E-state index contributed by atoms with van der Waals surface area (Å²) in [5.41, 5.74) is 8.65. The van der Waals surface area contributed by atoms with E-state index in [0.717, 1.165) is 36.5 Å². The van der Waals surface area contributed by atoms with E-state index in [1.807, 2.05) is 13.0 Å². The number of rotatable bonds is 4. The first-order chi connectivity index (χ1) is 12.0. The lowest BCUT2D eigenvalue weighted by Crippen LogP contribution is -2.33. The Morgan fingerprint density at radius 3 is 2.88 bits per heavy atom. The Morgan fingerprint density at radius 2 is 2.20 bits per heavy atom. The van der Waals surface area contributed by atoms with Gasteiger partial charge in [-0.1, -0.05) is 18.2 Å². The van der Waals surface area contributed by atoms with Crippen LogP contribution < -0.4 is 5.48 Å². The molecule has 1 amide bonds. The predicted molar refractivity (Wildman–Crippen MR) is 96.0 cm³/mol. The third-order valence-corrected chi connectivity index (χ3v) is 4.96. The van der Waals surface area contributed by atoms with Crippen molar-refractivity contribution in [3.05, 3.63) is 57.9 Å². The van der Waals surface area contributed by atoms with E-state index in [-0.39, 0.29) is 0 Å². The molecule has 2 aromatic rings. The molecule has 1 aliphatic rings. The Bertz CT molecular complexity index is 790. The van der Waals surface area contributed by atoms with Crippen molar-refractivity contribution in [2.24, 2.45) is 0 Å². The number of H-pyrrole nitrogens is 1. The molecule has 2 heterocycles. The smallest absolute Gasteiger partial charge is 0.267 e. The lowest BCUT2D eigenvalue weighted by molar-refractivity contribution is -0.124. The van der Waals surface area contributed by atoms with Gasteiger partial charge in [0.25, 0.3) is 5.91 Å². The van der Waals surface area contributed by atoms with E-state index in [4.69, 9.17) is 5.21 Å². The van der Waals surface area contributed by atoms with Crippen LogP contribution in [0, 0.1) is 13.8 Å². The van der Waals surface area contributed by atoms with Crippen LogP contribution in [-0.4, -0.2) is 32.8 Å². The summed E-state index contributed by atoms with van der Waals surface area (Å²) >= 11 is 0. The molecule has 6 heteroatoms. The van der Waals surface area contributed by atoms with Crippen LogP contribution in [0.3, 0.4) is 0 Å². The van der Waals surface area contributed by atoms with Gasteiger partial charge in [-0.3, -0.25) is 20.0 Å². The number of nitrogens with zero attached hydrogens (tertiary/aromatic N) is 2. The van der Waals surface area contributed by atoms with E-state index < -0.39 is 5.91 Å². The van der Waals surface area contributed by atoms with Gasteiger partial charge in [0.1, 0.15) is 0 Å². The molecule has 25 heavy (non-hydrogen) atoms. The molecule has 1 aromatic carbocycles. The van der Waals surface area contributed by atoms with Gasteiger partial charge in [0, 0.05) is 36.5 Å². The van der Waals surface area contributed by atoms with Gasteiger partial charge in [0.05, 0.1) is 5.69 Å². The van der Waals surface area contributed by atoms with Crippen LogP contribution >= 0.6 is 0 Å². The van der Waals surface area contributed by atoms with Gasteiger partial charge >= 0.3 is 0 Å². The van der Waals surface area contributed by atoms with Crippen molar-refractivity contribution in [3.63, 3.8) is 0 Å². The number of hydroxylamine groups is 1. The molecule has 1 atom stereocenters. The summed E-state index contributed by atoms with van der Waals surface area (Å²) in [5.74, 6) is -0.529. The third kappa shape index (κ3) is 3.65. The SMILES string of the molecule is Cc1n[nH]c(C)c1C(C)N1CCc2ccc(C=CC(=O)NO)cc2C1. The van der Waals surface area contributed by atoms with E-state index in [2.05, 4.69) is 41.1 Å². The Morgan fingerprint density at radius 1 is 1.40 bits per heavy atom. The topological polar surface area (TPSA) is 81.2 Å². The highest BCUT2D eigenvalue weighted by Crippen LogP contribution is 2.30. The van der Waals surface area contributed by atoms with Gasteiger partial charge in [0.2, 0.25) is 0 Å². The standard InChI is InChI=1S/C19H24N4O2/c1-12-19(13(2)21-20-12)14(3)23-9-8-16-6-4-15(10-17(16)11-23)5-7-18(24)22-25/h4-7,10,14,25H,8-9,11H2,1-3H3,(H,20,21)(H,22,24). The maximum Gasteiger partial charge on any atom is 0.267 e. The van der Waals surface area contributed by atoms with Crippen molar-refractivity contribution in [3.8, 4) is 0 Å². The summed E-state index contributed by atoms with van der Waals surface area (Å²) in [7, 11) is 0. The molecule has 0 saturated heterocycles. The second-order valence-corrected chi connectivity index (χ2v) is 6.58. The first kappa shape index (κ1) is 17.4. The minimum absolute atomic E-state index is 0.297. The molecule has 0 bridgehead atoms. The Kier molecular flexibility index (Phi) is 5.01. The van der Waals surface area contributed by atoms with E-state index >= 15 is 0 Å². The van der Waals surface area contributed by atoms with Crippen LogP contribution in [0.1, 0.15) is 46.6 Å². The molecule has 132 valence electrons. The molecule has 6 nitrogen and oxygen atoms in total. The molecule has 0 radical (unpaired) electrons. The zero-order valence-electron chi connectivity index (χ0n) is 14.8. The summed E-state index contributed by atoms with van der Waals surface area (Å²) in [6.07, 6.45) is 4.04. The highest BCUT2D eigenvalue weighted by molar-refractivity contribution is 5.90. The van der Waals surface area contributed by atoms with Crippen LogP contribution in [0.15, 0.2) is 24.3 Å². The highest BCUT2D eigenvalue weighted by Gasteiger charge is 2.25. The molecule has 3 N–H and O–H groups in total. The van der Waals surface area contributed by atoms with E-state index in [1.165, 1.54) is 22.8 Å². The molecule has 3 rings (SSSR count). The molecule has 0 spiro atoms. The normalized spacial score (nSPS) is 16.0. The Hall–Kier alpha value is -2.44. The summed E-state index contributed by atoms with van der Waals surface area (Å²) < 4.78 is 0. The summed E-state index contributed by atoms with van der Waals surface area (Å²) in [6, 6.07) is 6.54. The average Bonchev–Trinajstić information content (AvgIpc) is 2.96. The largest absolute Gasteiger partial charge is 0.292 e. The summed E-state index contributed by atoms with van der Waals surface area (Å²) in [4.78, 5) is 13.6. The van der Waals surface area contributed by atoms with Gasteiger partial charge < -0.3 is 0 Å². The monoisotopic (exact) mass is 340 g/mol. The van der Waals surface area contributed by atoms with Crippen molar-refractivity contribution >= 4 is 12.0 Å². The van der Waals surface area contributed by atoms with Gasteiger partial charge in [-0.2, -0.15) is 5.10 Å². The molecular weight excluding hydrogens is 316 g/mol. The zero-order chi connectivity index (χ0) is 18.0. The fourth-order valence-corrected chi connectivity index (χ4v) is 3.60. The lowest BCUT2D eigenvalue weighted by atomic mass is 9.94. The summed E-state index contributed by atoms with van der Waals surface area (Å²) in [6.45, 7) is 8.22. The maximum atomic E-state index is 11.1. The predicted octanol–water partition coefficient (Wildman–Crippen LogP) is 2.66. The van der Waals surface area contributed by atoms with Crippen LogP contribution in [0.5, 0.6) is 0 Å². The van der Waals surface area contributed by atoms with Crippen LogP contribution in [0.25, 0.3) is 6.08 Å². The number of hydrogen-bond donors (Lipinski definition) is 3. The lowest BCUT2D eigenvalue weighted by Gasteiger charge is -2.34. The Labute approximate surface area is 147 Å². The number of hydrogen-bond acceptors (Lipinski definition) is 4. The number of amides is 1. The number of aromatic nitrogens is 2. The highest BCUT2D eigenvalue weighted by atomic mass is 16.5. The molecule has 1 aliphatic heterocycles. The fraction of sp³-hybridized carbons (Fsp3) is 0.368. The maximum absolute atomic E-state index is 11.1. The minimum Gasteiger partial charge on any atom is -0.292 e. The second-order valence-electron chi connectivity index (χ2n) is 6.58. The van der Waals surface area contributed by atoms with Gasteiger partial charge in [-0.05, 0) is 50.0 Å². The number of aromatic amines is 1. The van der Waals surface area contributed by atoms with Crippen molar-refractivity contribution < 1.29 is 10.0 Å². The van der Waals surface area contributed by atoms with Crippen molar-refractivity contribution in [1.82, 2.24) is 20.6 Å². The summed E-state index contributed by atoms with van der Waals surface area (Å²) in [5, 5.41) is 16.0. The number of nitrogens with one attached hydrogen (secondary N) is 2. The molecule has 0 saturated carbocycles. The zero-order valence-corrected chi connectivity index (χ0v) is 14.8. The van der Waals surface area contributed by atoms with Crippen molar-refractivity contribution in [2.75, 3.05) is 6.54 Å². The van der Waals surface area contributed by atoms with Crippen LogP contribution in [0.2, 0.25) is 0 Å². The number of benzene rings is 1. The third-order valence-electron chi connectivity index (χ3n) is 4.96. The average molecular weight is 340 g/mol. The van der Waals surface area contributed by atoms with Crippen LogP contribution in [-0.2, 0) is 17.8 Å². The molecule has 0 aliphatic carbocycles. The van der Waals surface area contributed by atoms with Gasteiger partial charge in [0.15, 0.2) is 0 Å². The van der Waals surface area contributed by atoms with E-state index in [1.54, 1.807) is 11.6 Å². The van der Waals surface area contributed by atoms with Gasteiger partial charge in [-0.25, -0.2) is 5.48 Å². The van der Waals surface area contributed by atoms with E-state index in [0.29, 0.717) is 6.04 Å². The van der Waals surface area contributed by atoms with Crippen molar-refractivity contribution in [2.45, 2.75) is 39.8 Å². The number of carbonyl (C=O) groups excluding carboxylic acids is 1. The van der Waals surface area contributed by atoms with Crippen molar-refractivity contribution in [1.29, 1.82) is 0 Å². The first-order valence-electron chi connectivity index (χ1n) is 8.49. The first-order valence-corrected chi connectivity index (χ1v) is 8.49. The molecule has 1 aromatic heterocycles. The fourth-order valence-electron chi connectivity index (χ4n) is 3.60. The minimum atomic E-state index is -0.529. The van der Waals surface area contributed by atoms with Crippen LogP contribution in [0.4, 0.5) is 0 Å². The number of aryl methyl sites for hydroxylation is 2. The van der Waals surface area contributed by atoms with E-state index in [9.17, 15) is 4.79 Å². The Balaban J connectivity index is 1.80. The second kappa shape index (κ2) is 7.21.